The second kappa shape index (κ2) is 4.39. The van der Waals surface area contributed by atoms with Crippen molar-refractivity contribution in [1.82, 2.24) is 9.80 Å². The minimum atomic E-state index is 0.538. The van der Waals surface area contributed by atoms with Gasteiger partial charge in [-0.3, -0.25) is 0 Å². The fourth-order valence-electron chi connectivity index (χ4n) is 2.08. The van der Waals surface area contributed by atoms with Gasteiger partial charge in [-0.15, -0.1) is 0 Å². The zero-order valence-electron chi connectivity index (χ0n) is 9.82. The highest BCUT2D eigenvalue weighted by atomic mass is 15.3. The lowest BCUT2D eigenvalue weighted by molar-refractivity contribution is 0.190. The third-order valence-corrected chi connectivity index (χ3v) is 3.38. The van der Waals surface area contributed by atoms with Crippen LogP contribution in [0.15, 0.2) is 4.99 Å². The van der Waals surface area contributed by atoms with Gasteiger partial charge < -0.3 is 15.5 Å². The second-order valence-electron chi connectivity index (χ2n) is 4.90. The van der Waals surface area contributed by atoms with Crippen LogP contribution in [0.4, 0.5) is 0 Å². The molecule has 15 heavy (non-hydrogen) atoms. The summed E-state index contributed by atoms with van der Waals surface area (Å²) in [6.45, 7) is 2.12. The number of aliphatic imine (C=N–C) groups is 1. The molecule has 86 valence electrons. The van der Waals surface area contributed by atoms with E-state index in [4.69, 9.17) is 5.73 Å². The van der Waals surface area contributed by atoms with Crippen LogP contribution in [0.3, 0.4) is 0 Å². The fraction of sp³-hybridized carbons (Fsp3) is 0.909. The molecule has 2 N–H and O–H groups in total. The molecule has 0 aromatic heterocycles. The first-order valence-electron chi connectivity index (χ1n) is 5.91. The van der Waals surface area contributed by atoms with Gasteiger partial charge in [-0.2, -0.15) is 0 Å². The van der Waals surface area contributed by atoms with Crippen molar-refractivity contribution in [2.75, 3.05) is 27.2 Å². The summed E-state index contributed by atoms with van der Waals surface area (Å²) in [6.07, 6.45) is 4.87. The van der Waals surface area contributed by atoms with Gasteiger partial charge in [-0.1, -0.05) is 0 Å². The Bertz CT molecular complexity index is 237. The quantitative estimate of drug-likeness (QED) is 0.533. The molecule has 0 aromatic carbocycles. The van der Waals surface area contributed by atoms with E-state index in [2.05, 4.69) is 28.9 Å². The van der Waals surface area contributed by atoms with E-state index in [9.17, 15) is 0 Å². The normalized spacial score (nSPS) is 25.0. The Labute approximate surface area is 92.1 Å². The van der Waals surface area contributed by atoms with Crippen molar-refractivity contribution in [3.8, 4) is 0 Å². The first-order chi connectivity index (χ1) is 7.16. The molecule has 2 fully saturated rings. The fourth-order valence-corrected chi connectivity index (χ4v) is 2.08. The lowest BCUT2D eigenvalue weighted by Gasteiger charge is -2.35. The first kappa shape index (κ1) is 10.7. The van der Waals surface area contributed by atoms with E-state index in [1.807, 2.05) is 0 Å². The molecule has 1 saturated heterocycles. The number of nitrogens with zero attached hydrogens (tertiary/aromatic N) is 3. The van der Waals surface area contributed by atoms with E-state index >= 15 is 0 Å². The van der Waals surface area contributed by atoms with Crippen molar-refractivity contribution in [2.45, 2.75) is 37.8 Å². The molecule has 4 nitrogen and oxygen atoms in total. The summed E-state index contributed by atoms with van der Waals surface area (Å²) < 4.78 is 0. The molecule has 1 heterocycles. The van der Waals surface area contributed by atoms with Crippen LogP contribution in [0.25, 0.3) is 0 Å². The summed E-state index contributed by atoms with van der Waals surface area (Å²) in [4.78, 5) is 9.03. The van der Waals surface area contributed by atoms with Gasteiger partial charge in [-0.25, -0.2) is 4.99 Å². The molecular formula is C11H22N4. The minimum Gasteiger partial charge on any atom is -0.370 e. The van der Waals surface area contributed by atoms with E-state index < -0.39 is 0 Å². The molecular weight excluding hydrogens is 188 g/mol. The average Bonchev–Trinajstić information content (AvgIpc) is 3.02. The highest BCUT2D eigenvalue weighted by Gasteiger charge is 2.25. The van der Waals surface area contributed by atoms with Crippen LogP contribution in [0.5, 0.6) is 0 Å². The first-order valence-corrected chi connectivity index (χ1v) is 5.91. The van der Waals surface area contributed by atoms with Crippen LogP contribution in [0.1, 0.15) is 25.7 Å². The maximum Gasteiger partial charge on any atom is 0.191 e. The molecule has 0 radical (unpaired) electrons. The van der Waals surface area contributed by atoms with Crippen LogP contribution in [0.2, 0.25) is 0 Å². The maximum atomic E-state index is 5.97. The molecule has 0 atom stereocenters. The van der Waals surface area contributed by atoms with Gasteiger partial charge in [0.15, 0.2) is 5.96 Å². The van der Waals surface area contributed by atoms with Gasteiger partial charge in [0.05, 0.1) is 6.04 Å². The number of hydrogen-bond donors (Lipinski definition) is 1. The SMILES string of the molecule is CN(C)C1CCN(C(N)=NC2CC2)CC1. The number of guanidine groups is 1. The van der Waals surface area contributed by atoms with Crippen LogP contribution in [-0.2, 0) is 0 Å². The second-order valence-corrected chi connectivity index (χ2v) is 4.90. The molecule has 0 unspecified atom stereocenters. The van der Waals surface area contributed by atoms with Crippen molar-refractivity contribution >= 4 is 5.96 Å². The predicted octanol–water partition coefficient (Wildman–Crippen LogP) is 0.490. The summed E-state index contributed by atoms with van der Waals surface area (Å²) in [5.74, 6) is 0.773. The van der Waals surface area contributed by atoms with Crippen LogP contribution in [-0.4, -0.2) is 55.0 Å². The topological polar surface area (TPSA) is 44.9 Å². The summed E-state index contributed by atoms with van der Waals surface area (Å²) in [5, 5.41) is 0. The lowest BCUT2D eigenvalue weighted by Crippen LogP contribution is -2.47. The Morgan fingerprint density at radius 1 is 1.20 bits per heavy atom. The maximum absolute atomic E-state index is 5.97. The summed E-state index contributed by atoms with van der Waals surface area (Å²) in [5.41, 5.74) is 5.97. The summed E-state index contributed by atoms with van der Waals surface area (Å²) >= 11 is 0. The lowest BCUT2D eigenvalue weighted by atomic mass is 10.0. The molecule has 0 bridgehead atoms. The zero-order chi connectivity index (χ0) is 10.8. The molecule has 0 aromatic rings. The molecule has 2 aliphatic rings. The molecule has 2 rings (SSSR count). The van der Waals surface area contributed by atoms with Gasteiger partial charge >= 0.3 is 0 Å². The number of nitrogens with two attached hydrogens (primary N) is 1. The van der Waals surface area contributed by atoms with Crippen LogP contribution < -0.4 is 5.73 Å². The van der Waals surface area contributed by atoms with Crippen molar-refractivity contribution in [1.29, 1.82) is 0 Å². The Morgan fingerprint density at radius 2 is 1.80 bits per heavy atom. The smallest absolute Gasteiger partial charge is 0.191 e. The van der Waals surface area contributed by atoms with E-state index in [1.165, 1.54) is 25.7 Å². The van der Waals surface area contributed by atoms with E-state index in [0.717, 1.165) is 25.1 Å². The Hall–Kier alpha value is -0.770. The average molecular weight is 210 g/mol. The Morgan fingerprint density at radius 3 is 2.27 bits per heavy atom. The summed E-state index contributed by atoms with van der Waals surface area (Å²) in [7, 11) is 4.31. The molecule has 1 aliphatic carbocycles. The third-order valence-electron chi connectivity index (χ3n) is 3.38. The number of rotatable bonds is 2. The van der Waals surface area contributed by atoms with Crippen LogP contribution in [0, 0.1) is 0 Å². The predicted molar refractivity (Wildman–Crippen MR) is 62.9 cm³/mol. The Balaban J connectivity index is 1.81. The zero-order valence-corrected chi connectivity index (χ0v) is 9.82. The number of piperidine rings is 1. The van der Waals surface area contributed by atoms with E-state index in [0.29, 0.717) is 6.04 Å². The number of likely N-dealkylation sites (tertiary alicyclic amines) is 1. The van der Waals surface area contributed by atoms with Crippen molar-refractivity contribution in [3.63, 3.8) is 0 Å². The van der Waals surface area contributed by atoms with E-state index in [1.54, 1.807) is 0 Å². The van der Waals surface area contributed by atoms with Crippen molar-refractivity contribution < 1.29 is 0 Å². The third kappa shape index (κ3) is 2.84. The molecule has 1 saturated carbocycles. The minimum absolute atomic E-state index is 0.538. The van der Waals surface area contributed by atoms with Crippen molar-refractivity contribution in [3.05, 3.63) is 0 Å². The largest absolute Gasteiger partial charge is 0.370 e. The molecule has 0 amide bonds. The Kier molecular flexibility index (Phi) is 3.14. The number of hydrogen-bond acceptors (Lipinski definition) is 2. The van der Waals surface area contributed by atoms with Crippen LogP contribution >= 0.6 is 0 Å². The highest BCUT2D eigenvalue weighted by Crippen LogP contribution is 2.24. The van der Waals surface area contributed by atoms with Gasteiger partial charge in [0, 0.05) is 19.1 Å². The molecule has 0 spiro atoms. The van der Waals surface area contributed by atoms with Gasteiger partial charge in [0.2, 0.25) is 0 Å². The monoisotopic (exact) mass is 210 g/mol. The summed E-state index contributed by atoms with van der Waals surface area (Å²) in [6, 6.07) is 1.26. The van der Waals surface area contributed by atoms with E-state index in [-0.39, 0.29) is 0 Å². The standard InChI is InChI=1S/C11H22N4/c1-14(2)10-5-7-15(8-6-10)11(12)13-9-3-4-9/h9-10H,3-8H2,1-2H3,(H2,12,13). The van der Waals surface area contributed by atoms with Gasteiger partial charge in [0.1, 0.15) is 0 Å². The van der Waals surface area contributed by atoms with Crippen molar-refractivity contribution in [2.24, 2.45) is 10.7 Å². The molecule has 1 aliphatic heterocycles. The highest BCUT2D eigenvalue weighted by molar-refractivity contribution is 5.78. The molecule has 4 heteroatoms. The van der Waals surface area contributed by atoms with Gasteiger partial charge in [-0.05, 0) is 39.8 Å². The van der Waals surface area contributed by atoms with Gasteiger partial charge in [0.25, 0.3) is 0 Å².